The molecular weight excluding hydrogens is 274 g/mol. The number of hydrogen-bond donors (Lipinski definition) is 1. The minimum Gasteiger partial charge on any atom is -0.506 e. The van der Waals surface area contributed by atoms with E-state index in [1.54, 1.807) is 0 Å². The van der Waals surface area contributed by atoms with Crippen LogP contribution in [0.3, 0.4) is 0 Å². The zero-order chi connectivity index (χ0) is 15.7. The summed E-state index contributed by atoms with van der Waals surface area (Å²) in [5.41, 5.74) is 2.48. The Morgan fingerprint density at radius 1 is 0.864 bits per heavy atom. The lowest BCUT2D eigenvalue weighted by Crippen LogP contribution is -2.53. The van der Waals surface area contributed by atoms with Crippen LogP contribution in [0.25, 0.3) is 0 Å². The summed E-state index contributed by atoms with van der Waals surface area (Å²) in [7, 11) is 0. The van der Waals surface area contributed by atoms with Crippen molar-refractivity contribution >= 4 is 11.4 Å². The van der Waals surface area contributed by atoms with Crippen LogP contribution in [0.15, 0.2) is 18.2 Å². The molecule has 0 aromatic heterocycles. The van der Waals surface area contributed by atoms with E-state index in [1.807, 2.05) is 6.07 Å². The number of rotatable bonds is 2. The lowest BCUT2D eigenvalue weighted by Gasteiger charge is -2.43. The third kappa shape index (κ3) is 3.17. The number of hydrogen-bond acceptors (Lipinski definition) is 4. The van der Waals surface area contributed by atoms with E-state index in [1.165, 1.54) is 18.5 Å². The van der Waals surface area contributed by atoms with E-state index < -0.39 is 0 Å². The standard InChI is InChI=1S/C18H29N3O/c1-18(2,3)21-12-10-20(11-13-21)16-14-15(6-7-17(16)22)19-8-4-5-9-19/h6-7,14,22H,4-5,8-13H2,1-3H3. The van der Waals surface area contributed by atoms with E-state index in [0.717, 1.165) is 45.0 Å². The van der Waals surface area contributed by atoms with Crippen LogP contribution in [-0.4, -0.2) is 54.8 Å². The van der Waals surface area contributed by atoms with Gasteiger partial charge in [-0.2, -0.15) is 0 Å². The molecule has 0 unspecified atom stereocenters. The molecule has 3 rings (SSSR count). The van der Waals surface area contributed by atoms with Crippen molar-refractivity contribution in [1.82, 2.24) is 4.90 Å². The molecule has 0 spiro atoms. The highest BCUT2D eigenvalue weighted by Gasteiger charge is 2.27. The molecule has 0 atom stereocenters. The highest BCUT2D eigenvalue weighted by Crippen LogP contribution is 2.34. The Bertz CT molecular complexity index is 510. The Morgan fingerprint density at radius 2 is 1.50 bits per heavy atom. The summed E-state index contributed by atoms with van der Waals surface area (Å²) in [5.74, 6) is 0.409. The SMILES string of the molecule is CC(C)(C)N1CCN(c2cc(N3CCCC3)ccc2O)CC1. The third-order valence-electron chi connectivity index (χ3n) is 5.00. The lowest BCUT2D eigenvalue weighted by atomic mass is 10.0. The van der Waals surface area contributed by atoms with Crippen LogP contribution in [0.5, 0.6) is 5.75 Å². The summed E-state index contributed by atoms with van der Waals surface area (Å²) in [6.45, 7) is 13.2. The summed E-state index contributed by atoms with van der Waals surface area (Å²) in [6, 6.07) is 6.09. The molecule has 22 heavy (non-hydrogen) atoms. The number of piperazine rings is 1. The van der Waals surface area contributed by atoms with Gasteiger partial charge in [0.25, 0.3) is 0 Å². The van der Waals surface area contributed by atoms with Gasteiger partial charge in [-0.3, -0.25) is 4.90 Å². The van der Waals surface area contributed by atoms with Crippen LogP contribution in [0.4, 0.5) is 11.4 Å². The average Bonchev–Trinajstić information content (AvgIpc) is 3.01. The van der Waals surface area contributed by atoms with Gasteiger partial charge in [0.1, 0.15) is 5.75 Å². The first kappa shape index (κ1) is 15.5. The van der Waals surface area contributed by atoms with Crippen molar-refractivity contribution in [2.24, 2.45) is 0 Å². The summed E-state index contributed by atoms with van der Waals surface area (Å²) < 4.78 is 0. The molecule has 0 saturated carbocycles. The van der Waals surface area contributed by atoms with Crippen LogP contribution < -0.4 is 9.80 Å². The van der Waals surface area contributed by atoms with Gasteiger partial charge in [0.15, 0.2) is 0 Å². The normalized spacial score (nSPS) is 20.7. The molecule has 0 bridgehead atoms. The first-order chi connectivity index (χ1) is 10.4. The molecule has 0 aliphatic carbocycles. The number of anilines is 2. The van der Waals surface area contributed by atoms with Gasteiger partial charge in [0.2, 0.25) is 0 Å². The maximum atomic E-state index is 10.3. The molecule has 2 heterocycles. The van der Waals surface area contributed by atoms with Crippen molar-refractivity contribution < 1.29 is 5.11 Å². The van der Waals surface area contributed by atoms with Crippen molar-refractivity contribution in [1.29, 1.82) is 0 Å². The summed E-state index contributed by atoms with van der Waals surface area (Å²) in [6.07, 6.45) is 2.56. The molecule has 0 radical (unpaired) electrons. The maximum absolute atomic E-state index is 10.3. The Hall–Kier alpha value is -1.42. The number of benzene rings is 1. The highest BCUT2D eigenvalue weighted by atomic mass is 16.3. The fourth-order valence-corrected chi connectivity index (χ4v) is 3.56. The summed E-state index contributed by atoms with van der Waals surface area (Å²) >= 11 is 0. The molecule has 0 amide bonds. The van der Waals surface area contributed by atoms with E-state index in [0.29, 0.717) is 5.75 Å². The second kappa shape index (κ2) is 5.99. The topological polar surface area (TPSA) is 30.0 Å². The van der Waals surface area contributed by atoms with Crippen LogP contribution in [-0.2, 0) is 0 Å². The van der Waals surface area contributed by atoms with Crippen molar-refractivity contribution in [3.8, 4) is 5.75 Å². The van der Waals surface area contributed by atoms with E-state index in [4.69, 9.17) is 0 Å². The zero-order valence-corrected chi connectivity index (χ0v) is 14.2. The second-order valence-electron chi connectivity index (χ2n) is 7.51. The Balaban J connectivity index is 1.73. The third-order valence-corrected chi connectivity index (χ3v) is 5.00. The molecule has 1 aromatic rings. The molecule has 2 fully saturated rings. The smallest absolute Gasteiger partial charge is 0.139 e. The Kier molecular flexibility index (Phi) is 4.22. The van der Waals surface area contributed by atoms with Crippen LogP contribution in [0.1, 0.15) is 33.6 Å². The minimum atomic E-state index is 0.228. The predicted molar refractivity (Wildman–Crippen MR) is 93.1 cm³/mol. The minimum absolute atomic E-state index is 0.228. The first-order valence-corrected chi connectivity index (χ1v) is 8.53. The number of phenolic OH excluding ortho intramolecular Hbond substituents is 1. The van der Waals surface area contributed by atoms with Gasteiger partial charge in [0.05, 0.1) is 5.69 Å². The van der Waals surface area contributed by atoms with E-state index >= 15 is 0 Å². The second-order valence-corrected chi connectivity index (χ2v) is 7.51. The van der Waals surface area contributed by atoms with Gasteiger partial charge >= 0.3 is 0 Å². The van der Waals surface area contributed by atoms with Crippen LogP contribution in [0.2, 0.25) is 0 Å². The number of nitrogens with zero attached hydrogens (tertiary/aromatic N) is 3. The highest BCUT2D eigenvalue weighted by molar-refractivity contribution is 5.67. The molecule has 2 aliphatic rings. The number of aromatic hydroxyl groups is 1. The lowest BCUT2D eigenvalue weighted by molar-refractivity contribution is 0.128. The van der Waals surface area contributed by atoms with Crippen molar-refractivity contribution in [3.63, 3.8) is 0 Å². The average molecular weight is 303 g/mol. The molecule has 2 aliphatic heterocycles. The molecule has 4 nitrogen and oxygen atoms in total. The molecule has 4 heteroatoms. The van der Waals surface area contributed by atoms with Crippen LogP contribution in [0, 0.1) is 0 Å². The predicted octanol–water partition coefficient (Wildman–Crippen LogP) is 2.91. The van der Waals surface area contributed by atoms with Crippen molar-refractivity contribution in [2.75, 3.05) is 49.1 Å². The van der Waals surface area contributed by atoms with Gasteiger partial charge in [-0.1, -0.05) is 0 Å². The van der Waals surface area contributed by atoms with Crippen molar-refractivity contribution in [3.05, 3.63) is 18.2 Å². The first-order valence-electron chi connectivity index (χ1n) is 8.53. The summed E-state index contributed by atoms with van der Waals surface area (Å²) in [5, 5.41) is 10.3. The van der Waals surface area contributed by atoms with Gasteiger partial charge < -0.3 is 14.9 Å². The van der Waals surface area contributed by atoms with Gasteiger partial charge in [-0.25, -0.2) is 0 Å². The number of phenols is 1. The monoisotopic (exact) mass is 303 g/mol. The molecular formula is C18H29N3O. The summed E-state index contributed by atoms with van der Waals surface area (Å²) in [4.78, 5) is 7.27. The van der Waals surface area contributed by atoms with Crippen molar-refractivity contribution in [2.45, 2.75) is 39.2 Å². The fourth-order valence-electron chi connectivity index (χ4n) is 3.56. The van der Waals surface area contributed by atoms with E-state index in [2.05, 4.69) is 47.6 Å². The molecule has 1 aromatic carbocycles. The Labute approximate surface area is 134 Å². The maximum Gasteiger partial charge on any atom is 0.139 e. The largest absolute Gasteiger partial charge is 0.506 e. The quantitative estimate of drug-likeness (QED) is 0.910. The van der Waals surface area contributed by atoms with E-state index in [9.17, 15) is 5.11 Å². The molecule has 122 valence electrons. The fraction of sp³-hybridized carbons (Fsp3) is 0.667. The van der Waals surface area contributed by atoms with Crippen LogP contribution >= 0.6 is 0 Å². The molecule has 2 saturated heterocycles. The Morgan fingerprint density at radius 3 is 2.09 bits per heavy atom. The van der Waals surface area contributed by atoms with E-state index in [-0.39, 0.29) is 5.54 Å². The zero-order valence-electron chi connectivity index (χ0n) is 14.2. The van der Waals surface area contributed by atoms with Gasteiger partial charge in [-0.05, 0) is 51.8 Å². The molecule has 1 N–H and O–H groups in total. The van der Waals surface area contributed by atoms with Gasteiger partial charge in [0, 0.05) is 50.5 Å². The van der Waals surface area contributed by atoms with Gasteiger partial charge in [-0.15, -0.1) is 0 Å².